The van der Waals surface area contributed by atoms with E-state index in [1.54, 1.807) is 0 Å². The number of unbranched alkanes of at least 4 members (excludes halogenated alkanes) is 5. The van der Waals surface area contributed by atoms with Gasteiger partial charge in [-0.3, -0.25) is 52.7 Å². The molecule has 0 radical (unpaired) electrons. The Morgan fingerprint density at radius 2 is 1.24 bits per heavy atom. The summed E-state index contributed by atoms with van der Waals surface area (Å²) in [5.41, 5.74) is 11.4. The Balaban J connectivity index is 2.15. The number of carbonyl (C=O) groups is 11. The zero-order chi connectivity index (χ0) is 52.1. The van der Waals surface area contributed by atoms with Gasteiger partial charge in [-0.2, -0.15) is 0 Å². The summed E-state index contributed by atoms with van der Waals surface area (Å²) in [5.74, 6) is -12.0. The van der Waals surface area contributed by atoms with Crippen LogP contribution in [0.15, 0.2) is 24.3 Å². The van der Waals surface area contributed by atoms with Gasteiger partial charge in [0.25, 0.3) is 0 Å². The van der Waals surface area contributed by atoms with Gasteiger partial charge in [0.15, 0.2) is 0 Å². The van der Waals surface area contributed by atoms with Crippen molar-refractivity contribution < 1.29 is 73.2 Å². The highest BCUT2D eigenvalue weighted by Gasteiger charge is 2.41. The summed E-state index contributed by atoms with van der Waals surface area (Å²) >= 11 is 0. The zero-order valence-corrected chi connectivity index (χ0v) is 39.4. The minimum absolute atomic E-state index is 0.0150. The van der Waals surface area contributed by atoms with E-state index >= 15 is 0 Å². The van der Waals surface area contributed by atoms with Gasteiger partial charge in [0.05, 0.1) is 25.6 Å². The monoisotopic (exact) mass is 988 g/mol. The van der Waals surface area contributed by atoms with Gasteiger partial charge in [-0.1, -0.05) is 57.6 Å². The molecule has 2 fully saturated rings. The number of fused-ring (bicyclic) bond motifs is 1. The number of aliphatic hydroxyl groups excluding tert-OH is 2. The molecular weight excluding hydrogens is 921 g/mol. The fraction of sp³-hybridized carbons (Fsp3) is 0.622. The number of aromatic hydroxyl groups is 1. The van der Waals surface area contributed by atoms with E-state index in [9.17, 15) is 73.2 Å². The maximum atomic E-state index is 14.2. The van der Waals surface area contributed by atoms with Crippen molar-refractivity contribution >= 4 is 65.0 Å². The molecule has 0 saturated carbocycles. The average Bonchev–Trinajstić information content (AvgIpc) is 3.79. The molecule has 15 N–H and O–H groups in total. The highest BCUT2D eigenvalue weighted by atomic mass is 16.4. The van der Waals surface area contributed by atoms with Crippen LogP contribution in [-0.2, 0) is 59.2 Å². The smallest absolute Gasteiger partial charge is 0.303 e. The number of rotatable bonds is 18. The SMILES string of the molecule is CCCCCCCCC1CC(=O)NC(CC(N)=O)C(=O)NC(Cc2ccc(O)cc2)C(=O)NC(CC(N)=O)C(=O)N2CCCC2C(=O)NC(CCC(=O)O)C(=O)NC(CO)C(=O)NC(C(C)O)C(=O)N1. The van der Waals surface area contributed by atoms with Gasteiger partial charge < -0.3 is 74.0 Å². The van der Waals surface area contributed by atoms with Gasteiger partial charge in [0.2, 0.25) is 59.1 Å². The van der Waals surface area contributed by atoms with E-state index < -0.39 is 158 Å². The van der Waals surface area contributed by atoms with E-state index in [0.29, 0.717) is 18.4 Å². The largest absolute Gasteiger partial charge is 0.508 e. The molecule has 25 nitrogen and oxygen atoms in total. The van der Waals surface area contributed by atoms with Crippen LogP contribution in [0.5, 0.6) is 5.75 Å². The van der Waals surface area contributed by atoms with E-state index in [2.05, 4.69) is 37.2 Å². The lowest BCUT2D eigenvalue weighted by molar-refractivity contribution is -0.143. The second-order valence-electron chi connectivity index (χ2n) is 17.6. The van der Waals surface area contributed by atoms with Gasteiger partial charge >= 0.3 is 5.97 Å². The number of aliphatic hydroxyl groups is 2. The van der Waals surface area contributed by atoms with Crippen LogP contribution in [0.1, 0.15) is 109 Å². The normalized spacial score (nSPS) is 25.3. The van der Waals surface area contributed by atoms with Gasteiger partial charge in [-0.25, -0.2) is 0 Å². The maximum absolute atomic E-state index is 14.2. The first-order chi connectivity index (χ1) is 33.1. The Kier molecular flexibility index (Phi) is 23.4. The third kappa shape index (κ3) is 18.9. The molecule has 0 aromatic heterocycles. The fourth-order valence-electron chi connectivity index (χ4n) is 8.03. The Labute approximate surface area is 404 Å². The summed E-state index contributed by atoms with van der Waals surface area (Å²) in [7, 11) is 0. The number of primary amides is 2. The summed E-state index contributed by atoms with van der Waals surface area (Å²) < 4.78 is 0. The number of nitrogens with one attached hydrogen (secondary N) is 7. The summed E-state index contributed by atoms with van der Waals surface area (Å²) in [4.78, 5) is 149. The molecule has 9 unspecified atom stereocenters. The number of hydrogen-bond acceptors (Lipinski definition) is 14. The van der Waals surface area contributed by atoms with E-state index in [1.165, 1.54) is 24.3 Å². The molecule has 9 atom stereocenters. The number of benzene rings is 1. The first-order valence-corrected chi connectivity index (χ1v) is 23.4. The number of carboxylic acid groups (broad SMARTS) is 1. The lowest BCUT2D eigenvalue weighted by Gasteiger charge is -2.30. The van der Waals surface area contributed by atoms with Crippen LogP contribution in [0.4, 0.5) is 0 Å². The minimum atomic E-state index is -1.83. The third-order valence-corrected chi connectivity index (χ3v) is 11.8. The first kappa shape index (κ1) is 57.4. The van der Waals surface area contributed by atoms with Crippen LogP contribution in [0.3, 0.4) is 0 Å². The Morgan fingerprint density at radius 1 is 0.686 bits per heavy atom. The van der Waals surface area contributed by atoms with E-state index in [-0.39, 0.29) is 38.0 Å². The number of carbonyl (C=O) groups excluding carboxylic acids is 10. The van der Waals surface area contributed by atoms with Crippen molar-refractivity contribution in [1.82, 2.24) is 42.1 Å². The van der Waals surface area contributed by atoms with Crippen molar-refractivity contribution in [3.8, 4) is 5.75 Å². The molecule has 388 valence electrons. The van der Waals surface area contributed by atoms with Crippen LogP contribution in [0, 0.1) is 0 Å². The second kappa shape index (κ2) is 28.6. The number of phenolic OH excluding ortho intramolecular Hbond substituents is 1. The van der Waals surface area contributed by atoms with Gasteiger partial charge in [0.1, 0.15) is 48.0 Å². The van der Waals surface area contributed by atoms with Gasteiger partial charge in [-0.05, 0) is 50.3 Å². The second-order valence-corrected chi connectivity index (χ2v) is 17.6. The van der Waals surface area contributed by atoms with Crippen LogP contribution < -0.4 is 48.7 Å². The molecule has 1 aromatic rings. The highest BCUT2D eigenvalue weighted by Crippen LogP contribution is 2.21. The number of nitrogens with two attached hydrogens (primary N) is 2. The molecule has 2 heterocycles. The topological polar surface area (TPSA) is 408 Å². The molecular formula is C45H68N10O15. The first-order valence-electron chi connectivity index (χ1n) is 23.4. The van der Waals surface area contributed by atoms with E-state index in [1.807, 2.05) is 6.92 Å². The highest BCUT2D eigenvalue weighted by molar-refractivity contribution is 6.00. The molecule has 10 amide bonds. The fourth-order valence-corrected chi connectivity index (χ4v) is 8.03. The number of amides is 10. The predicted octanol–water partition coefficient (Wildman–Crippen LogP) is -3.54. The van der Waals surface area contributed by atoms with Crippen LogP contribution in [0.2, 0.25) is 0 Å². The Bertz CT molecular complexity index is 2040. The van der Waals surface area contributed by atoms with Gasteiger partial charge in [0, 0.05) is 31.8 Å². The molecule has 2 aliphatic heterocycles. The average molecular weight is 989 g/mol. The van der Waals surface area contributed by atoms with Crippen molar-refractivity contribution in [1.29, 1.82) is 0 Å². The number of aliphatic carboxylic acids is 1. The molecule has 70 heavy (non-hydrogen) atoms. The Morgan fingerprint density at radius 3 is 1.86 bits per heavy atom. The molecule has 0 bridgehead atoms. The van der Waals surface area contributed by atoms with E-state index in [4.69, 9.17) is 11.5 Å². The van der Waals surface area contributed by atoms with Crippen LogP contribution >= 0.6 is 0 Å². The van der Waals surface area contributed by atoms with Crippen molar-refractivity contribution in [2.75, 3.05) is 13.2 Å². The summed E-state index contributed by atoms with van der Waals surface area (Å²) in [5, 5.41) is 57.1. The number of phenols is 1. The molecule has 25 heteroatoms. The van der Waals surface area contributed by atoms with Crippen LogP contribution in [-0.4, -0.2) is 158 Å². The lowest BCUT2D eigenvalue weighted by atomic mass is 10.0. The van der Waals surface area contributed by atoms with Crippen molar-refractivity contribution in [3.63, 3.8) is 0 Å². The predicted molar refractivity (Wildman–Crippen MR) is 246 cm³/mol. The van der Waals surface area contributed by atoms with Crippen LogP contribution in [0.25, 0.3) is 0 Å². The molecule has 2 saturated heterocycles. The minimum Gasteiger partial charge on any atom is -0.508 e. The van der Waals surface area contributed by atoms with E-state index in [0.717, 1.165) is 37.5 Å². The summed E-state index contributed by atoms with van der Waals surface area (Å²) in [6, 6.07) is -7.32. The van der Waals surface area contributed by atoms with Gasteiger partial charge in [-0.15, -0.1) is 0 Å². The number of nitrogens with zero attached hydrogens (tertiary/aromatic N) is 1. The lowest BCUT2D eigenvalue weighted by Crippen LogP contribution is -2.61. The summed E-state index contributed by atoms with van der Waals surface area (Å²) in [6.07, 6.45) is -0.0124. The maximum Gasteiger partial charge on any atom is 0.303 e. The molecule has 1 aromatic carbocycles. The van der Waals surface area contributed by atoms with Crippen molar-refractivity contribution in [2.24, 2.45) is 11.5 Å². The Hall–Kier alpha value is -6.89. The molecule has 0 spiro atoms. The number of carboxylic acids is 1. The summed E-state index contributed by atoms with van der Waals surface area (Å²) in [6.45, 7) is 2.01. The number of hydrogen-bond donors (Lipinski definition) is 13. The zero-order valence-electron chi connectivity index (χ0n) is 39.4. The standard InChI is InChI=1S/C45H68N10O15/c1-3-4-5-6-7-8-10-26-20-36(61)49-30(21-34(46)59)41(66)51-29(19-25-12-14-27(58)15-13-25)40(65)52-31(22-35(47)60)45(70)55-18-9-11-33(55)43(68)50-28(16-17-37(62)63)39(64)53-32(23-56)42(67)54-38(24(2)57)44(69)48-26/h12-15,24,26,28-33,38,56-58H,3-11,16-23H2,1-2H3,(H2,46,59)(H2,47,60)(H,48,69)(H,49,61)(H,50,68)(H,51,66)(H,52,65)(H,53,64)(H,54,67)(H,62,63). The molecule has 0 aliphatic carbocycles. The van der Waals surface area contributed by atoms with Crippen molar-refractivity contribution in [3.05, 3.63) is 29.8 Å². The third-order valence-electron chi connectivity index (χ3n) is 11.8. The molecule has 2 aliphatic rings. The molecule has 3 rings (SSSR count). The quantitative estimate of drug-likeness (QED) is 0.0634. The van der Waals surface area contributed by atoms with Crippen molar-refractivity contribution in [2.45, 2.75) is 165 Å².